The maximum absolute atomic E-state index is 12.8. The maximum Gasteiger partial charge on any atom is 0.231 e. The molecule has 0 radical (unpaired) electrons. The van der Waals surface area contributed by atoms with E-state index in [0.717, 1.165) is 24.0 Å². The van der Waals surface area contributed by atoms with Gasteiger partial charge in [-0.1, -0.05) is 78.7 Å². The Morgan fingerprint density at radius 1 is 1.10 bits per heavy atom. The first-order chi connectivity index (χ1) is 14.2. The summed E-state index contributed by atoms with van der Waals surface area (Å²) in [7, 11) is 0. The van der Waals surface area contributed by atoms with Gasteiger partial charge in [0.1, 0.15) is 0 Å². The first kappa shape index (κ1) is 19.9. The molecule has 1 fully saturated rings. The zero-order valence-corrected chi connectivity index (χ0v) is 17.4. The Kier molecular flexibility index (Phi) is 6.46. The monoisotopic (exact) mass is 427 g/mol. The molecule has 0 aliphatic heterocycles. The van der Waals surface area contributed by atoms with Crippen LogP contribution in [-0.2, 0) is 4.79 Å². The molecule has 1 aliphatic rings. The highest BCUT2D eigenvalue weighted by Crippen LogP contribution is 2.31. The molecule has 1 aromatic heterocycles. The number of benzene rings is 2. The van der Waals surface area contributed by atoms with Crippen LogP contribution in [0.4, 0.5) is 0 Å². The Morgan fingerprint density at radius 3 is 2.52 bits per heavy atom. The molecule has 150 valence electrons. The fourth-order valence-corrected chi connectivity index (χ4v) is 4.53. The van der Waals surface area contributed by atoms with Crippen molar-refractivity contribution in [3.63, 3.8) is 0 Å². The van der Waals surface area contributed by atoms with E-state index < -0.39 is 0 Å². The smallest absolute Gasteiger partial charge is 0.231 e. The minimum atomic E-state index is -0.243. The van der Waals surface area contributed by atoms with Crippen molar-refractivity contribution < 1.29 is 4.79 Å². The van der Waals surface area contributed by atoms with E-state index in [2.05, 4.69) is 20.8 Å². The molecule has 1 saturated carbocycles. The predicted molar refractivity (Wildman–Crippen MR) is 114 cm³/mol. The summed E-state index contributed by atoms with van der Waals surface area (Å²) in [4.78, 5) is 12.8. The van der Waals surface area contributed by atoms with Gasteiger partial charge in [-0.05, 0) is 46.5 Å². The third kappa shape index (κ3) is 4.97. The summed E-state index contributed by atoms with van der Waals surface area (Å²) in [6.07, 6.45) is 4.60. The van der Waals surface area contributed by atoms with Crippen molar-refractivity contribution in [1.82, 2.24) is 25.5 Å². The van der Waals surface area contributed by atoms with Crippen LogP contribution in [-0.4, -0.2) is 31.9 Å². The summed E-state index contributed by atoms with van der Waals surface area (Å²) >= 11 is 7.41. The van der Waals surface area contributed by atoms with Gasteiger partial charge in [0.2, 0.25) is 11.1 Å². The second-order valence-corrected chi connectivity index (χ2v) is 8.47. The molecular weight excluding hydrogens is 406 g/mol. The molecule has 0 spiro atoms. The number of nitrogens with zero attached hydrogens (tertiary/aromatic N) is 4. The highest BCUT2D eigenvalue weighted by molar-refractivity contribution is 7.99. The number of carbonyl (C=O) groups is 1. The van der Waals surface area contributed by atoms with E-state index in [4.69, 9.17) is 11.6 Å². The third-order valence-electron chi connectivity index (χ3n) is 5.11. The Bertz CT molecular complexity index is 941. The van der Waals surface area contributed by atoms with Gasteiger partial charge in [0.15, 0.2) is 0 Å². The van der Waals surface area contributed by atoms with Crippen molar-refractivity contribution in [3.05, 3.63) is 70.7 Å². The number of aromatic nitrogens is 4. The molecule has 0 saturated heterocycles. The second-order valence-electron chi connectivity index (χ2n) is 7.10. The topological polar surface area (TPSA) is 72.7 Å². The fraction of sp³-hybridized carbons (Fsp3) is 0.333. The average Bonchev–Trinajstić information content (AvgIpc) is 3.43. The van der Waals surface area contributed by atoms with Gasteiger partial charge in [0.05, 0.1) is 17.8 Å². The van der Waals surface area contributed by atoms with E-state index in [1.165, 1.54) is 24.6 Å². The summed E-state index contributed by atoms with van der Waals surface area (Å²) in [6, 6.07) is 17.6. The number of amides is 1. The van der Waals surface area contributed by atoms with Crippen LogP contribution in [0.15, 0.2) is 59.8 Å². The van der Waals surface area contributed by atoms with Crippen molar-refractivity contribution in [1.29, 1.82) is 0 Å². The van der Waals surface area contributed by atoms with E-state index in [-0.39, 0.29) is 17.7 Å². The average molecular weight is 428 g/mol. The van der Waals surface area contributed by atoms with Crippen LogP contribution in [0.2, 0.25) is 5.02 Å². The zero-order valence-electron chi connectivity index (χ0n) is 15.9. The second kappa shape index (κ2) is 9.41. The van der Waals surface area contributed by atoms with Gasteiger partial charge in [0, 0.05) is 5.02 Å². The molecule has 0 bridgehead atoms. The molecule has 2 aromatic carbocycles. The molecule has 8 heteroatoms. The van der Waals surface area contributed by atoms with Crippen LogP contribution in [0.25, 0.3) is 0 Å². The summed E-state index contributed by atoms with van der Waals surface area (Å²) in [5, 5.41) is 16.6. The lowest BCUT2D eigenvalue weighted by Gasteiger charge is -2.20. The largest absolute Gasteiger partial charge is 0.344 e. The van der Waals surface area contributed by atoms with E-state index in [0.29, 0.717) is 16.2 Å². The van der Waals surface area contributed by atoms with Crippen molar-refractivity contribution in [2.75, 3.05) is 5.75 Å². The van der Waals surface area contributed by atoms with E-state index in [1.54, 1.807) is 0 Å². The molecule has 4 rings (SSSR count). The number of tetrazole rings is 1. The van der Waals surface area contributed by atoms with Gasteiger partial charge >= 0.3 is 0 Å². The minimum Gasteiger partial charge on any atom is -0.344 e. The van der Waals surface area contributed by atoms with Crippen LogP contribution in [0.5, 0.6) is 0 Å². The number of hydrogen-bond acceptors (Lipinski definition) is 5. The lowest BCUT2D eigenvalue weighted by Crippen LogP contribution is -2.30. The van der Waals surface area contributed by atoms with Crippen LogP contribution in [0, 0.1) is 0 Å². The van der Waals surface area contributed by atoms with Crippen molar-refractivity contribution in [3.8, 4) is 0 Å². The predicted octanol–water partition coefficient (Wildman–Crippen LogP) is 4.44. The Morgan fingerprint density at radius 2 is 1.79 bits per heavy atom. The number of rotatable bonds is 7. The minimum absolute atomic E-state index is 0.0697. The molecule has 3 aromatic rings. The molecule has 1 atom stereocenters. The molecule has 1 unspecified atom stereocenters. The van der Waals surface area contributed by atoms with Crippen LogP contribution >= 0.6 is 23.4 Å². The molecule has 1 aliphatic carbocycles. The summed E-state index contributed by atoms with van der Waals surface area (Å²) in [6.45, 7) is 0. The standard InChI is InChI=1S/C21H22ClN5OS/c22-17-12-10-16(11-13-17)20(15-6-2-1-3-7-15)23-19(28)14-29-21-24-25-26-27(21)18-8-4-5-9-18/h1-3,6-7,10-13,18,20H,4-5,8-9,14H2,(H,23,28). The van der Waals surface area contributed by atoms with E-state index >= 15 is 0 Å². The van der Waals surface area contributed by atoms with Gasteiger partial charge in [-0.2, -0.15) is 0 Å². The van der Waals surface area contributed by atoms with Crippen molar-refractivity contribution >= 4 is 29.3 Å². The van der Waals surface area contributed by atoms with E-state index in [1.807, 2.05) is 59.3 Å². The Balaban J connectivity index is 1.45. The lowest BCUT2D eigenvalue weighted by atomic mass is 9.99. The van der Waals surface area contributed by atoms with Gasteiger partial charge < -0.3 is 5.32 Å². The van der Waals surface area contributed by atoms with Crippen LogP contribution in [0.1, 0.15) is 48.9 Å². The molecular formula is C21H22ClN5OS. The normalized spacial score (nSPS) is 15.3. The number of halogens is 1. The summed E-state index contributed by atoms with van der Waals surface area (Å²) in [5.74, 6) is 0.184. The van der Waals surface area contributed by atoms with Gasteiger partial charge in [-0.25, -0.2) is 4.68 Å². The number of thioether (sulfide) groups is 1. The van der Waals surface area contributed by atoms with Crippen molar-refractivity contribution in [2.45, 2.75) is 42.9 Å². The van der Waals surface area contributed by atoms with Gasteiger partial charge in [0.25, 0.3) is 0 Å². The number of carbonyl (C=O) groups excluding carboxylic acids is 1. The van der Waals surface area contributed by atoms with Gasteiger partial charge in [-0.15, -0.1) is 5.10 Å². The van der Waals surface area contributed by atoms with Crippen molar-refractivity contribution in [2.24, 2.45) is 0 Å². The SMILES string of the molecule is O=C(CSc1nnnn1C1CCCC1)NC(c1ccccc1)c1ccc(Cl)cc1. The highest BCUT2D eigenvalue weighted by atomic mass is 35.5. The maximum atomic E-state index is 12.8. The fourth-order valence-electron chi connectivity index (χ4n) is 3.65. The summed E-state index contributed by atoms with van der Waals surface area (Å²) in [5.41, 5.74) is 2.00. The summed E-state index contributed by atoms with van der Waals surface area (Å²) < 4.78 is 1.87. The molecule has 6 nitrogen and oxygen atoms in total. The quantitative estimate of drug-likeness (QED) is 0.564. The Labute approximate surface area is 179 Å². The Hall–Kier alpha value is -2.38. The van der Waals surface area contributed by atoms with Crippen LogP contribution < -0.4 is 5.32 Å². The van der Waals surface area contributed by atoms with Crippen LogP contribution in [0.3, 0.4) is 0 Å². The molecule has 1 amide bonds. The highest BCUT2D eigenvalue weighted by Gasteiger charge is 2.23. The van der Waals surface area contributed by atoms with E-state index in [9.17, 15) is 4.79 Å². The molecule has 1 heterocycles. The number of nitrogens with one attached hydrogen (secondary N) is 1. The van der Waals surface area contributed by atoms with Gasteiger partial charge in [-0.3, -0.25) is 4.79 Å². The third-order valence-corrected chi connectivity index (χ3v) is 6.29. The molecule has 29 heavy (non-hydrogen) atoms. The lowest BCUT2D eigenvalue weighted by molar-refractivity contribution is -0.119. The first-order valence-electron chi connectivity index (χ1n) is 9.71. The zero-order chi connectivity index (χ0) is 20.1. The molecule has 1 N–H and O–H groups in total. The number of hydrogen-bond donors (Lipinski definition) is 1. The first-order valence-corrected chi connectivity index (χ1v) is 11.1.